The number of alkyl halides is 1. The van der Waals surface area contributed by atoms with Crippen molar-refractivity contribution in [3.05, 3.63) is 12.2 Å². The first kappa shape index (κ1) is 15.5. The van der Waals surface area contributed by atoms with Gasteiger partial charge in [0.25, 0.3) is 0 Å². The molecule has 0 fully saturated rings. The molecule has 0 N–H and O–H groups in total. The first-order valence-corrected chi connectivity index (χ1v) is 7.15. The van der Waals surface area contributed by atoms with Crippen LogP contribution in [0.4, 0.5) is 0 Å². The Hall–Kier alpha value is -1.89. The second-order valence-corrected chi connectivity index (χ2v) is 4.88. The first-order chi connectivity index (χ1) is 10.0. The maximum absolute atomic E-state index is 12.4. The van der Waals surface area contributed by atoms with E-state index in [2.05, 4.69) is 15.0 Å². The van der Waals surface area contributed by atoms with Crippen LogP contribution in [0.5, 0.6) is 5.88 Å². The van der Waals surface area contributed by atoms with Crippen molar-refractivity contribution in [2.45, 2.75) is 25.8 Å². The van der Waals surface area contributed by atoms with Crippen LogP contribution < -0.4 is 4.74 Å². The molecule has 2 heterocycles. The Morgan fingerprint density at radius 1 is 1.52 bits per heavy atom. The summed E-state index contributed by atoms with van der Waals surface area (Å²) in [6.45, 7) is 4.36. The third kappa shape index (κ3) is 2.65. The molecule has 2 aromatic heterocycles. The zero-order valence-corrected chi connectivity index (χ0v) is 13.3. The molecular weight excluding hydrogens is 294 g/mol. The predicted molar refractivity (Wildman–Crippen MR) is 79.5 cm³/mol. The van der Waals surface area contributed by atoms with Crippen molar-refractivity contribution in [2.24, 2.45) is 0 Å². The molecule has 8 heteroatoms. The number of halogens is 1. The Kier molecular flexibility index (Phi) is 4.62. The third-order valence-corrected chi connectivity index (χ3v) is 3.66. The van der Waals surface area contributed by atoms with Gasteiger partial charge in [0, 0.05) is 13.6 Å². The Morgan fingerprint density at radius 3 is 2.81 bits per heavy atom. The van der Waals surface area contributed by atoms with Crippen LogP contribution in [0.25, 0.3) is 11.2 Å². The average molecular weight is 312 g/mol. The van der Waals surface area contributed by atoms with Gasteiger partial charge in [-0.1, -0.05) is 0 Å². The molecule has 114 valence electrons. The average Bonchev–Trinajstić information content (AvgIpc) is 2.90. The van der Waals surface area contributed by atoms with Gasteiger partial charge in [-0.2, -0.15) is 4.98 Å². The van der Waals surface area contributed by atoms with Crippen LogP contribution >= 0.6 is 11.6 Å². The number of likely N-dealkylation sites (N-methyl/N-ethyl adjacent to an activating group) is 1. The normalized spacial score (nSPS) is 12.4. The van der Waals surface area contributed by atoms with Crippen LogP contribution in [-0.4, -0.2) is 51.0 Å². The van der Waals surface area contributed by atoms with Gasteiger partial charge in [-0.3, -0.25) is 9.36 Å². The topological polar surface area (TPSA) is 73.1 Å². The van der Waals surface area contributed by atoms with Gasteiger partial charge < -0.3 is 9.64 Å². The molecule has 2 aromatic rings. The van der Waals surface area contributed by atoms with Gasteiger partial charge in [0.05, 0.1) is 13.0 Å². The summed E-state index contributed by atoms with van der Waals surface area (Å²) in [5.41, 5.74) is 1.05. The zero-order chi connectivity index (χ0) is 15.6. The molecule has 0 saturated carbocycles. The number of amides is 1. The number of carbonyl (C=O) groups excluding carboxylic acids is 1. The van der Waals surface area contributed by atoms with E-state index in [-0.39, 0.29) is 11.8 Å². The highest BCUT2D eigenvalue weighted by Gasteiger charge is 2.25. The molecule has 1 atom stereocenters. The van der Waals surface area contributed by atoms with Crippen LogP contribution in [-0.2, 0) is 10.7 Å². The number of nitrogens with zero attached hydrogens (tertiary/aromatic N) is 5. The Labute approximate surface area is 127 Å². The van der Waals surface area contributed by atoms with E-state index in [0.717, 1.165) is 0 Å². The number of imidazole rings is 1. The van der Waals surface area contributed by atoms with Gasteiger partial charge in [-0.15, -0.1) is 11.6 Å². The van der Waals surface area contributed by atoms with Gasteiger partial charge in [0.1, 0.15) is 18.2 Å². The Balaban J connectivity index is 2.59. The minimum atomic E-state index is -0.451. The summed E-state index contributed by atoms with van der Waals surface area (Å²) >= 11 is 5.96. The molecule has 0 spiro atoms. The van der Waals surface area contributed by atoms with Crippen LogP contribution in [0.15, 0.2) is 6.33 Å². The highest BCUT2D eigenvalue weighted by Crippen LogP contribution is 2.26. The maximum atomic E-state index is 12.4. The molecule has 7 nitrogen and oxygen atoms in total. The molecule has 0 aromatic carbocycles. The lowest BCUT2D eigenvalue weighted by Gasteiger charge is -2.22. The standard InChI is InChI=1S/C13H18ClN5O2/c1-5-18(3)13(20)8(2)19-9(6-14)17-10-11(19)15-7-16-12(10)21-4/h7-8H,5-6H2,1-4H3. The molecule has 21 heavy (non-hydrogen) atoms. The van der Waals surface area contributed by atoms with Crippen LogP contribution in [0.3, 0.4) is 0 Å². The molecular formula is C13H18ClN5O2. The Bertz CT molecular complexity index is 657. The number of aromatic nitrogens is 4. The summed E-state index contributed by atoms with van der Waals surface area (Å²) in [6, 6.07) is -0.451. The summed E-state index contributed by atoms with van der Waals surface area (Å²) in [4.78, 5) is 26.7. The summed E-state index contributed by atoms with van der Waals surface area (Å²) < 4.78 is 6.92. The van der Waals surface area contributed by atoms with Gasteiger partial charge in [0.15, 0.2) is 11.2 Å². The van der Waals surface area contributed by atoms with Gasteiger partial charge in [0.2, 0.25) is 11.8 Å². The summed E-state index contributed by atoms with van der Waals surface area (Å²) in [5, 5.41) is 0. The number of methoxy groups -OCH3 is 1. The highest BCUT2D eigenvalue weighted by molar-refractivity contribution is 6.16. The molecule has 2 rings (SSSR count). The second-order valence-electron chi connectivity index (χ2n) is 4.62. The molecule has 0 bridgehead atoms. The zero-order valence-electron chi connectivity index (χ0n) is 12.5. The van der Waals surface area contributed by atoms with Crippen LogP contribution in [0.2, 0.25) is 0 Å². The molecule has 0 aliphatic carbocycles. The van der Waals surface area contributed by atoms with Crippen LogP contribution in [0.1, 0.15) is 25.7 Å². The quantitative estimate of drug-likeness (QED) is 0.784. The van der Waals surface area contributed by atoms with Crippen molar-refractivity contribution in [1.29, 1.82) is 0 Å². The monoisotopic (exact) mass is 311 g/mol. The van der Waals surface area contributed by atoms with Crippen molar-refractivity contribution in [2.75, 3.05) is 20.7 Å². The maximum Gasteiger partial charge on any atom is 0.245 e. The minimum absolute atomic E-state index is 0.0271. The van der Waals surface area contributed by atoms with Crippen molar-refractivity contribution in [1.82, 2.24) is 24.4 Å². The van der Waals surface area contributed by atoms with Gasteiger partial charge in [-0.25, -0.2) is 9.97 Å². The van der Waals surface area contributed by atoms with E-state index in [1.54, 1.807) is 23.4 Å². The summed E-state index contributed by atoms with van der Waals surface area (Å²) in [6.07, 6.45) is 1.39. The number of rotatable bonds is 5. The molecule has 0 aliphatic rings. The van der Waals surface area contributed by atoms with E-state index in [4.69, 9.17) is 16.3 Å². The lowest BCUT2D eigenvalue weighted by Crippen LogP contribution is -2.33. The van der Waals surface area contributed by atoms with Gasteiger partial charge in [-0.05, 0) is 13.8 Å². The second kappa shape index (κ2) is 6.26. The van der Waals surface area contributed by atoms with E-state index in [1.165, 1.54) is 13.4 Å². The molecule has 0 saturated heterocycles. The summed E-state index contributed by atoms with van der Waals surface area (Å²) in [5.74, 6) is 1.08. The number of hydrogen-bond acceptors (Lipinski definition) is 5. The van der Waals surface area contributed by atoms with Gasteiger partial charge >= 0.3 is 0 Å². The fourth-order valence-electron chi connectivity index (χ4n) is 2.17. The summed E-state index contributed by atoms with van der Waals surface area (Å²) in [7, 11) is 3.27. The van der Waals surface area contributed by atoms with Crippen molar-refractivity contribution in [3.8, 4) is 5.88 Å². The fraction of sp³-hybridized carbons (Fsp3) is 0.538. The number of fused-ring (bicyclic) bond motifs is 1. The predicted octanol–water partition coefficient (Wildman–Crippen LogP) is 1.61. The highest BCUT2D eigenvalue weighted by atomic mass is 35.5. The van der Waals surface area contributed by atoms with E-state index in [9.17, 15) is 4.79 Å². The number of ether oxygens (including phenoxy) is 1. The van der Waals surface area contributed by atoms with E-state index >= 15 is 0 Å². The SMILES string of the molecule is CCN(C)C(=O)C(C)n1c(CCl)nc2c(OC)ncnc21. The van der Waals surface area contributed by atoms with Crippen LogP contribution in [0, 0.1) is 0 Å². The van der Waals surface area contributed by atoms with E-state index < -0.39 is 6.04 Å². The van der Waals surface area contributed by atoms with E-state index in [0.29, 0.717) is 29.4 Å². The van der Waals surface area contributed by atoms with Crippen molar-refractivity contribution < 1.29 is 9.53 Å². The lowest BCUT2D eigenvalue weighted by molar-refractivity contribution is -0.132. The van der Waals surface area contributed by atoms with E-state index in [1.807, 2.05) is 6.92 Å². The molecule has 1 amide bonds. The van der Waals surface area contributed by atoms with Crippen molar-refractivity contribution >= 4 is 28.7 Å². The first-order valence-electron chi connectivity index (χ1n) is 6.61. The third-order valence-electron chi connectivity index (χ3n) is 3.42. The smallest absolute Gasteiger partial charge is 0.245 e. The number of hydrogen-bond donors (Lipinski definition) is 0. The lowest BCUT2D eigenvalue weighted by atomic mass is 10.3. The molecule has 1 unspecified atom stereocenters. The minimum Gasteiger partial charge on any atom is -0.479 e. The molecule has 0 aliphatic heterocycles. The number of carbonyl (C=O) groups is 1. The fourth-order valence-corrected chi connectivity index (χ4v) is 2.36. The Morgan fingerprint density at radius 2 is 2.24 bits per heavy atom. The van der Waals surface area contributed by atoms with Crippen molar-refractivity contribution in [3.63, 3.8) is 0 Å². The molecule has 0 radical (unpaired) electrons. The largest absolute Gasteiger partial charge is 0.479 e.